The fourth-order valence-corrected chi connectivity index (χ4v) is 3.75. The van der Waals surface area contributed by atoms with E-state index in [1.54, 1.807) is 49.5 Å². The fraction of sp³-hybridized carbons (Fsp3) is 0.318. The smallest absolute Gasteiger partial charge is 0.325 e. The number of benzene rings is 2. The molecule has 8 heteroatoms. The molecule has 3 rings (SSSR count). The molecule has 2 amide bonds. The summed E-state index contributed by atoms with van der Waals surface area (Å²) in [5.41, 5.74) is 1.76. The van der Waals surface area contributed by atoms with Gasteiger partial charge in [-0.1, -0.05) is 24.3 Å². The van der Waals surface area contributed by atoms with Gasteiger partial charge in [0.1, 0.15) is 6.54 Å². The highest BCUT2D eigenvalue weighted by Gasteiger charge is 2.42. The summed E-state index contributed by atoms with van der Waals surface area (Å²) in [5.74, 6) is -0.831. The molecule has 0 aromatic heterocycles. The third-order valence-electron chi connectivity index (χ3n) is 5.25. The topological polar surface area (TPSA) is 94.2 Å². The molecule has 0 unspecified atom stereocenters. The second-order valence-electron chi connectivity index (χ2n) is 6.83. The average Bonchev–Trinajstić information content (AvgIpc) is 2.78. The first-order chi connectivity index (χ1) is 14.4. The maximum atomic E-state index is 13.2. The second kappa shape index (κ2) is 8.86. The summed E-state index contributed by atoms with van der Waals surface area (Å²) in [6.45, 7) is -0.260. The molecule has 0 spiro atoms. The second-order valence-corrected chi connectivity index (χ2v) is 6.83. The Morgan fingerprint density at radius 3 is 2.40 bits per heavy atom. The van der Waals surface area contributed by atoms with Crippen LogP contribution in [-0.4, -0.2) is 57.6 Å². The normalized spacial score (nSPS) is 17.7. The van der Waals surface area contributed by atoms with Crippen LogP contribution in [0.2, 0.25) is 0 Å². The summed E-state index contributed by atoms with van der Waals surface area (Å²) in [5, 5.41) is 2.62. The van der Waals surface area contributed by atoms with Crippen LogP contribution in [0.25, 0.3) is 0 Å². The number of carbonyl (C=O) groups excluding carboxylic acids is 3. The Kier molecular flexibility index (Phi) is 6.25. The highest BCUT2D eigenvalue weighted by molar-refractivity contribution is 6.01. The van der Waals surface area contributed by atoms with Gasteiger partial charge in [0, 0.05) is 12.6 Å². The molecule has 158 valence electrons. The highest BCUT2D eigenvalue weighted by Crippen LogP contribution is 2.43. The molecule has 0 saturated carbocycles. The lowest BCUT2D eigenvalue weighted by Crippen LogP contribution is -2.46. The average molecular weight is 412 g/mol. The van der Waals surface area contributed by atoms with Crippen LogP contribution >= 0.6 is 0 Å². The van der Waals surface area contributed by atoms with Gasteiger partial charge in [-0.3, -0.25) is 14.4 Å². The number of rotatable bonds is 6. The van der Waals surface area contributed by atoms with Crippen molar-refractivity contribution in [2.24, 2.45) is 0 Å². The van der Waals surface area contributed by atoms with Crippen molar-refractivity contribution in [2.75, 3.05) is 34.9 Å². The molecule has 1 heterocycles. The minimum absolute atomic E-state index is 0.192. The number of carbonyl (C=O) groups is 3. The molecule has 2 atom stereocenters. The Bertz CT molecular complexity index is 974. The summed E-state index contributed by atoms with van der Waals surface area (Å²) < 4.78 is 15.3. The maximum Gasteiger partial charge on any atom is 0.325 e. The number of methoxy groups -OCH3 is 3. The van der Waals surface area contributed by atoms with Crippen molar-refractivity contribution >= 4 is 17.8 Å². The molecule has 1 aliphatic rings. The Morgan fingerprint density at radius 2 is 1.73 bits per heavy atom. The van der Waals surface area contributed by atoms with Crippen molar-refractivity contribution in [1.82, 2.24) is 10.2 Å². The Labute approximate surface area is 174 Å². The van der Waals surface area contributed by atoms with Gasteiger partial charge in [-0.05, 0) is 29.3 Å². The van der Waals surface area contributed by atoms with Crippen molar-refractivity contribution in [3.63, 3.8) is 0 Å². The fourth-order valence-electron chi connectivity index (χ4n) is 3.75. The summed E-state index contributed by atoms with van der Waals surface area (Å²) >= 11 is 0. The lowest BCUT2D eigenvalue weighted by atomic mass is 9.79. The summed E-state index contributed by atoms with van der Waals surface area (Å²) in [4.78, 5) is 39.3. The van der Waals surface area contributed by atoms with Gasteiger partial charge in [0.25, 0.3) is 5.91 Å². The third kappa shape index (κ3) is 3.80. The number of esters is 1. The molecular formula is C22H24N2O6. The lowest BCUT2D eigenvalue weighted by molar-refractivity contribution is -0.141. The van der Waals surface area contributed by atoms with Gasteiger partial charge in [0.05, 0.1) is 33.3 Å². The van der Waals surface area contributed by atoms with E-state index >= 15 is 0 Å². The van der Waals surface area contributed by atoms with Gasteiger partial charge in [-0.15, -0.1) is 0 Å². The molecule has 0 saturated heterocycles. The van der Waals surface area contributed by atoms with Crippen LogP contribution in [0, 0.1) is 0 Å². The third-order valence-corrected chi connectivity index (χ3v) is 5.25. The monoisotopic (exact) mass is 412 g/mol. The zero-order chi connectivity index (χ0) is 21.8. The molecule has 0 aliphatic carbocycles. The standard InChI is InChI=1S/C22H24N2O6/c1-24-20(13-9-10-16(28-2)17(11-13)29-3)19(21(26)23-12-18(25)30-4)14-7-5-6-8-15(14)22(24)27/h5-11,19-20H,12H2,1-4H3,(H,23,26)/t19-,20-/m0/s1. The number of hydrogen-bond donors (Lipinski definition) is 1. The van der Waals surface area contributed by atoms with Gasteiger partial charge in [0.2, 0.25) is 5.91 Å². The van der Waals surface area contributed by atoms with Gasteiger partial charge >= 0.3 is 5.97 Å². The number of ether oxygens (including phenoxy) is 3. The van der Waals surface area contributed by atoms with Gasteiger partial charge in [0.15, 0.2) is 11.5 Å². The number of nitrogens with one attached hydrogen (secondary N) is 1. The van der Waals surface area contributed by atoms with Crippen LogP contribution < -0.4 is 14.8 Å². The molecule has 0 bridgehead atoms. The van der Waals surface area contributed by atoms with Crippen LogP contribution in [0.3, 0.4) is 0 Å². The van der Waals surface area contributed by atoms with Crippen LogP contribution in [0.4, 0.5) is 0 Å². The van der Waals surface area contributed by atoms with Gasteiger partial charge in [-0.2, -0.15) is 0 Å². The number of likely N-dealkylation sites (N-methyl/N-ethyl adjacent to an activating group) is 1. The highest BCUT2D eigenvalue weighted by atomic mass is 16.5. The van der Waals surface area contributed by atoms with Crippen LogP contribution in [-0.2, 0) is 14.3 Å². The first kappa shape index (κ1) is 21.2. The van der Waals surface area contributed by atoms with E-state index in [0.29, 0.717) is 28.2 Å². The van der Waals surface area contributed by atoms with E-state index in [1.807, 2.05) is 0 Å². The van der Waals surface area contributed by atoms with E-state index in [1.165, 1.54) is 26.2 Å². The van der Waals surface area contributed by atoms with E-state index < -0.39 is 17.9 Å². The first-order valence-corrected chi connectivity index (χ1v) is 9.35. The molecule has 0 fully saturated rings. The summed E-state index contributed by atoms with van der Waals surface area (Å²) in [7, 11) is 5.96. The van der Waals surface area contributed by atoms with Crippen molar-refractivity contribution in [2.45, 2.75) is 12.0 Å². The molecule has 1 N–H and O–H groups in total. The number of fused-ring (bicyclic) bond motifs is 1. The zero-order valence-corrected chi connectivity index (χ0v) is 17.3. The molecule has 2 aromatic carbocycles. The van der Waals surface area contributed by atoms with Crippen molar-refractivity contribution in [1.29, 1.82) is 0 Å². The number of nitrogens with zero attached hydrogens (tertiary/aromatic N) is 1. The minimum Gasteiger partial charge on any atom is -0.493 e. The van der Waals surface area contributed by atoms with Crippen LogP contribution in [0.1, 0.15) is 33.4 Å². The largest absolute Gasteiger partial charge is 0.493 e. The van der Waals surface area contributed by atoms with E-state index in [-0.39, 0.29) is 18.4 Å². The quantitative estimate of drug-likeness (QED) is 0.729. The molecule has 30 heavy (non-hydrogen) atoms. The van der Waals surface area contributed by atoms with E-state index in [2.05, 4.69) is 10.1 Å². The molecule has 1 aliphatic heterocycles. The molecule has 0 radical (unpaired) electrons. The van der Waals surface area contributed by atoms with E-state index in [9.17, 15) is 14.4 Å². The minimum atomic E-state index is -0.730. The lowest BCUT2D eigenvalue weighted by Gasteiger charge is -2.39. The molecule has 2 aromatic rings. The Hall–Kier alpha value is -3.55. The van der Waals surface area contributed by atoms with Gasteiger partial charge < -0.3 is 24.4 Å². The molecule has 8 nitrogen and oxygen atoms in total. The SMILES string of the molecule is COC(=O)CNC(=O)[C@H]1c2ccccc2C(=O)N(C)[C@H]1c1ccc(OC)c(OC)c1. The molecular weight excluding hydrogens is 388 g/mol. The van der Waals surface area contributed by atoms with E-state index in [0.717, 1.165) is 0 Å². The van der Waals surface area contributed by atoms with Crippen LogP contribution in [0.15, 0.2) is 42.5 Å². The van der Waals surface area contributed by atoms with Crippen molar-refractivity contribution in [3.8, 4) is 11.5 Å². The van der Waals surface area contributed by atoms with Gasteiger partial charge in [-0.25, -0.2) is 0 Å². The predicted octanol–water partition coefficient (Wildman–Crippen LogP) is 1.90. The number of amides is 2. The predicted molar refractivity (Wildman–Crippen MR) is 109 cm³/mol. The summed E-state index contributed by atoms with van der Waals surface area (Å²) in [6, 6.07) is 11.7. The summed E-state index contributed by atoms with van der Waals surface area (Å²) in [6.07, 6.45) is 0. The first-order valence-electron chi connectivity index (χ1n) is 9.35. The maximum absolute atomic E-state index is 13.2. The van der Waals surface area contributed by atoms with Crippen molar-refractivity contribution in [3.05, 3.63) is 59.2 Å². The Balaban J connectivity index is 2.10. The Morgan fingerprint density at radius 1 is 1.03 bits per heavy atom. The van der Waals surface area contributed by atoms with Crippen molar-refractivity contribution < 1.29 is 28.6 Å². The zero-order valence-electron chi connectivity index (χ0n) is 17.3. The van der Waals surface area contributed by atoms with E-state index in [4.69, 9.17) is 9.47 Å². The number of hydrogen-bond acceptors (Lipinski definition) is 6. The van der Waals surface area contributed by atoms with Crippen LogP contribution in [0.5, 0.6) is 11.5 Å².